The van der Waals surface area contributed by atoms with Crippen LogP contribution in [0, 0.1) is 0 Å². The van der Waals surface area contributed by atoms with E-state index in [1.54, 1.807) is 0 Å². The Labute approximate surface area is 89.5 Å². The number of fused-ring (bicyclic) bond motifs is 1. The minimum Gasteiger partial charge on any atom is -0.448 e. The van der Waals surface area contributed by atoms with Crippen molar-refractivity contribution in [2.75, 3.05) is 0 Å². The van der Waals surface area contributed by atoms with Gasteiger partial charge in [-0.15, -0.1) is 0 Å². The molecule has 1 aliphatic heterocycles. The molecule has 0 N–H and O–H groups in total. The quantitative estimate of drug-likeness (QED) is 0.337. The Hall–Kier alpha value is -2.02. The smallest absolute Gasteiger partial charge is 0.343 e. The van der Waals surface area contributed by atoms with E-state index in [9.17, 15) is 13.2 Å². The predicted molar refractivity (Wildman–Crippen MR) is 51.0 cm³/mol. The lowest BCUT2D eigenvalue weighted by Crippen LogP contribution is -2.05. The molecule has 0 saturated carbocycles. The Morgan fingerprint density at radius 1 is 1.50 bits per heavy atom. The molecule has 6 nitrogen and oxygen atoms in total. The molecule has 0 aromatic carbocycles. The largest absolute Gasteiger partial charge is 0.448 e. The lowest BCUT2D eigenvalue weighted by atomic mass is 10.3. The number of benzene rings is 1. The third-order valence-corrected chi connectivity index (χ3v) is 3.39. The first kappa shape index (κ1) is 9.22. The average molecular weight is 240 g/mol. The van der Waals surface area contributed by atoms with E-state index in [0.29, 0.717) is 0 Å². The maximum atomic E-state index is 11.4. The highest BCUT2D eigenvalue weighted by Crippen LogP contribution is 2.51. The van der Waals surface area contributed by atoms with Crippen LogP contribution >= 0.6 is 0 Å². The van der Waals surface area contributed by atoms with E-state index in [-0.39, 0.29) is 27.6 Å². The van der Waals surface area contributed by atoms with Crippen molar-refractivity contribution in [1.29, 1.82) is 0 Å². The zero-order valence-electron chi connectivity index (χ0n) is 7.72. The second-order valence-electron chi connectivity index (χ2n) is 3.12. The Bertz CT molecular complexity index is 707. The molecule has 0 radical (unpaired) electrons. The number of esters is 1. The summed E-state index contributed by atoms with van der Waals surface area (Å²) in [5, 5.41) is 0. The van der Waals surface area contributed by atoms with Gasteiger partial charge in [0.05, 0.1) is 0 Å². The Kier molecular flexibility index (Phi) is 1.48. The van der Waals surface area contributed by atoms with Gasteiger partial charge in [-0.3, -0.25) is 0 Å². The number of hydrogen-bond donors (Lipinski definition) is 0. The molecule has 3 heterocycles. The molecule has 0 amide bonds. The highest BCUT2D eigenvalue weighted by atomic mass is 32.2. The summed E-state index contributed by atoms with van der Waals surface area (Å²) < 4.78 is 37.4. The van der Waals surface area contributed by atoms with Gasteiger partial charge in [-0.25, -0.2) is 4.79 Å². The zero-order valence-corrected chi connectivity index (χ0v) is 8.54. The fraction of sp³-hybridized carbons (Fsp3) is 0. The zero-order chi connectivity index (χ0) is 11.5. The Morgan fingerprint density at radius 3 is 2.94 bits per heavy atom. The van der Waals surface area contributed by atoms with Gasteiger partial charge in [-0.05, 0) is 0 Å². The standard InChI is InChI=1S/C9H4O6S/c1-2-6(10)14-7-4-3-5-8(13-4)9(7)15-16(5,11)12/h2-3H,1H2. The summed E-state index contributed by atoms with van der Waals surface area (Å²) in [5.41, 5.74) is 0.248. The van der Waals surface area contributed by atoms with Crippen molar-refractivity contribution < 1.29 is 26.5 Å². The van der Waals surface area contributed by atoms with Crippen LogP contribution in [0.5, 0.6) is 11.5 Å². The van der Waals surface area contributed by atoms with Gasteiger partial charge in [-0.1, -0.05) is 6.58 Å². The third kappa shape index (κ3) is 0.951. The van der Waals surface area contributed by atoms with Crippen LogP contribution in [-0.2, 0) is 14.9 Å². The summed E-state index contributed by atoms with van der Waals surface area (Å²) >= 11 is 0. The molecular weight excluding hydrogens is 236 g/mol. The normalized spacial score (nSPS) is 16.2. The first-order valence-corrected chi connectivity index (χ1v) is 5.61. The van der Waals surface area contributed by atoms with E-state index in [4.69, 9.17) is 9.15 Å². The maximum Gasteiger partial charge on any atom is 0.343 e. The molecule has 16 heavy (non-hydrogen) atoms. The number of carbonyl (C=O) groups excluding carboxylic acids is 1. The highest BCUT2D eigenvalue weighted by Gasteiger charge is 2.40. The SMILES string of the molecule is C=CC(=O)Oc1c2c3oc1cc3S(=O)(=O)O2. The first-order chi connectivity index (χ1) is 7.53. The fourth-order valence-electron chi connectivity index (χ4n) is 1.51. The molecule has 3 rings (SSSR count). The molecule has 2 aromatic heterocycles. The topological polar surface area (TPSA) is 82.8 Å². The van der Waals surface area contributed by atoms with Crippen molar-refractivity contribution in [1.82, 2.24) is 0 Å². The van der Waals surface area contributed by atoms with Crippen LogP contribution < -0.4 is 8.92 Å². The van der Waals surface area contributed by atoms with Gasteiger partial charge < -0.3 is 13.3 Å². The van der Waals surface area contributed by atoms with Crippen molar-refractivity contribution >= 4 is 27.3 Å². The Morgan fingerprint density at radius 2 is 2.25 bits per heavy atom. The van der Waals surface area contributed by atoms with Crippen molar-refractivity contribution in [3.05, 3.63) is 18.7 Å². The van der Waals surface area contributed by atoms with Crippen LogP contribution in [-0.4, -0.2) is 14.4 Å². The van der Waals surface area contributed by atoms with E-state index in [1.807, 2.05) is 0 Å². The number of furan rings is 2. The number of carbonyl (C=O) groups is 1. The van der Waals surface area contributed by atoms with Gasteiger partial charge in [0.25, 0.3) is 0 Å². The van der Waals surface area contributed by atoms with E-state index in [2.05, 4.69) is 10.8 Å². The van der Waals surface area contributed by atoms with Crippen molar-refractivity contribution in [2.24, 2.45) is 0 Å². The number of hydrogen-bond acceptors (Lipinski definition) is 6. The van der Waals surface area contributed by atoms with Gasteiger partial charge in [0.2, 0.25) is 11.5 Å². The molecular formula is C9H4O6S. The lowest BCUT2D eigenvalue weighted by molar-refractivity contribution is -0.128. The monoisotopic (exact) mass is 240 g/mol. The van der Waals surface area contributed by atoms with Crippen molar-refractivity contribution in [3.63, 3.8) is 0 Å². The molecule has 0 saturated heterocycles. The summed E-state index contributed by atoms with van der Waals surface area (Å²) in [7, 11) is -3.80. The molecule has 82 valence electrons. The molecule has 0 spiro atoms. The minimum atomic E-state index is -3.80. The van der Waals surface area contributed by atoms with Crippen LogP contribution in [0.15, 0.2) is 28.0 Å². The van der Waals surface area contributed by atoms with E-state index in [1.165, 1.54) is 6.07 Å². The molecule has 0 fully saturated rings. The average Bonchev–Trinajstić information content (AvgIpc) is 2.81. The molecule has 2 bridgehead atoms. The summed E-state index contributed by atoms with van der Waals surface area (Å²) in [5.74, 6) is -0.804. The van der Waals surface area contributed by atoms with Crippen molar-refractivity contribution in [2.45, 2.75) is 4.90 Å². The summed E-state index contributed by atoms with van der Waals surface area (Å²) in [6, 6.07) is 1.26. The van der Waals surface area contributed by atoms with Gasteiger partial charge in [0, 0.05) is 12.1 Å². The van der Waals surface area contributed by atoms with Crippen molar-refractivity contribution in [3.8, 4) is 11.5 Å². The summed E-state index contributed by atoms with van der Waals surface area (Å²) in [6.07, 6.45) is 0.957. The van der Waals surface area contributed by atoms with Gasteiger partial charge in [0.1, 0.15) is 0 Å². The molecule has 0 atom stereocenters. The van der Waals surface area contributed by atoms with E-state index < -0.39 is 16.1 Å². The predicted octanol–water partition coefficient (Wildman–Crippen LogP) is 1.04. The van der Waals surface area contributed by atoms with Crippen LogP contribution in [0.2, 0.25) is 0 Å². The van der Waals surface area contributed by atoms with Crippen LogP contribution in [0.25, 0.3) is 11.2 Å². The third-order valence-electron chi connectivity index (χ3n) is 2.17. The first-order valence-electron chi connectivity index (χ1n) is 4.20. The van der Waals surface area contributed by atoms with Gasteiger partial charge in [-0.2, -0.15) is 8.42 Å². The maximum absolute atomic E-state index is 11.4. The van der Waals surface area contributed by atoms with E-state index in [0.717, 1.165) is 6.08 Å². The molecule has 0 unspecified atom stereocenters. The second kappa shape index (κ2) is 2.56. The fourth-order valence-corrected chi connectivity index (χ4v) is 2.59. The molecule has 0 aliphatic carbocycles. The second-order valence-corrected chi connectivity index (χ2v) is 4.64. The van der Waals surface area contributed by atoms with E-state index >= 15 is 0 Å². The Balaban J connectivity index is 2.18. The lowest BCUT2D eigenvalue weighted by Gasteiger charge is -1.98. The van der Waals surface area contributed by atoms with Crippen LogP contribution in [0.1, 0.15) is 0 Å². The van der Waals surface area contributed by atoms with Crippen LogP contribution in [0.4, 0.5) is 0 Å². The van der Waals surface area contributed by atoms with Gasteiger partial charge >= 0.3 is 16.1 Å². The summed E-state index contributed by atoms with van der Waals surface area (Å²) in [4.78, 5) is 11.0. The molecule has 2 aromatic rings. The van der Waals surface area contributed by atoms with Crippen LogP contribution in [0.3, 0.4) is 0 Å². The highest BCUT2D eigenvalue weighted by molar-refractivity contribution is 7.87. The summed E-state index contributed by atoms with van der Waals surface area (Å²) in [6.45, 7) is 3.23. The number of ether oxygens (including phenoxy) is 1. The minimum absolute atomic E-state index is 0.0234. The molecule has 1 aliphatic rings. The molecule has 7 heteroatoms. The number of rotatable bonds is 2. The van der Waals surface area contributed by atoms with Gasteiger partial charge in [0.15, 0.2) is 16.1 Å².